The third-order valence-electron chi connectivity index (χ3n) is 2.49. The highest BCUT2D eigenvalue weighted by Gasteiger charge is 2.22. The normalized spacial score (nSPS) is 21.6. The molecule has 1 saturated heterocycles. The molecule has 1 fully saturated rings. The summed E-state index contributed by atoms with van der Waals surface area (Å²) in [5.74, 6) is 1.08. The molecule has 1 aliphatic heterocycles. The van der Waals surface area contributed by atoms with E-state index in [0.717, 1.165) is 23.4 Å². The molecule has 0 aliphatic carbocycles. The first-order chi connectivity index (χ1) is 6.68. The molecule has 1 aromatic heterocycles. The summed E-state index contributed by atoms with van der Waals surface area (Å²) in [5, 5.41) is 0. The Balaban J connectivity index is 2.28. The van der Waals surface area contributed by atoms with Crippen molar-refractivity contribution in [3.63, 3.8) is 0 Å². The van der Waals surface area contributed by atoms with Crippen molar-refractivity contribution in [3.8, 4) is 0 Å². The van der Waals surface area contributed by atoms with E-state index >= 15 is 0 Å². The van der Waals surface area contributed by atoms with Crippen LogP contribution in [0.1, 0.15) is 12.0 Å². The minimum absolute atomic E-state index is 0.608. The molecular formula is C10H12Br2N2. The average Bonchev–Trinajstić information content (AvgIpc) is 2.57. The van der Waals surface area contributed by atoms with Crippen molar-refractivity contribution in [1.29, 1.82) is 0 Å². The first-order valence-electron chi connectivity index (χ1n) is 4.68. The summed E-state index contributed by atoms with van der Waals surface area (Å²) < 4.78 is 1.13. The number of alkyl halides is 1. The quantitative estimate of drug-likeness (QED) is 0.739. The lowest BCUT2D eigenvalue weighted by molar-refractivity contribution is 0.930. The van der Waals surface area contributed by atoms with Crippen LogP contribution in [0.25, 0.3) is 0 Å². The maximum Gasteiger partial charge on any atom is 0.143 e. The maximum absolute atomic E-state index is 4.41. The Morgan fingerprint density at radius 3 is 3.00 bits per heavy atom. The first-order valence-corrected chi connectivity index (χ1v) is 6.39. The fraction of sp³-hybridized carbons (Fsp3) is 0.500. The van der Waals surface area contributed by atoms with Gasteiger partial charge >= 0.3 is 0 Å². The predicted molar refractivity (Wildman–Crippen MR) is 66.2 cm³/mol. The van der Waals surface area contributed by atoms with Crippen molar-refractivity contribution in [1.82, 2.24) is 4.98 Å². The van der Waals surface area contributed by atoms with Gasteiger partial charge in [0.05, 0.1) is 4.47 Å². The molecular weight excluding hydrogens is 308 g/mol. The lowest BCUT2D eigenvalue weighted by atomic mass is 10.3. The van der Waals surface area contributed by atoms with Crippen molar-refractivity contribution in [2.24, 2.45) is 0 Å². The molecule has 0 spiro atoms. The first kappa shape index (κ1) is 10.4. The number of nitrogens with zero attached hydrogens (tertiary/aromatic N) is 2. The Hall–Kier alpha value is -0.0900. The van der Waals surface area contributed by atoms with Crippen LogP contribution < -0.4 is 4.90 Å². The van der Waals surface area contributed by atoms with E-state index in [9.17, 15) is 0 Å². The maximum atomic E-state index is 4.41. The summed E-state index contributed by atoms with van der Waals surface area (Å²) in [4.78, 5) is 7.34. The standard InChI is InChI=1S/C10H12Br2N2/c1-7-2-4-13-10(9(7)12)14-5-3-8(11)6-14/h2,4,8H,3,5-6H2,1H3. The fourth-order valence-corrected chi connectivity index (χ4v) is 2.70. The summed E-state index contributed by atoms with van der Waals surface area (Å²) >= 11 is 7.22. The van der Waals surface area contributed by atoms with Gasteiger partial charge in [-0.15, -0.1) is 0 Å². The number of pyridine rings is 1. The van der Waals surface area contributed by atoms with Crippen molar-refractivity contribution < 1.29 is 0 Å². The van der Waals surface area contributed by atoms with Crippen molar-refractivity contribution >= 4 is 37.7 Å². The van der Waals surface area contributed by atoms with E-state index in [-0.39, 0.29) is 0 Å². The van der Waals surface area contributed by atoms with Crippen molar-refractivity contribution in [2.75, 3.05) is 18.0 Å². The second kappa shape index (κ2) is 4.19. The molecule has 2 rings (SSSR count). The molecule has 2 heterocycles. The Morgan fingerprint density at radius 2 is 2.36 bits per heavy atom. The summed E-state index contributed by atoms with van der Waals surface area (Å²) in [6, 6.07) is 2.02. The van der Waals surface area contributed by atoms with Crippen LogP contribution in [0, 0.1) is 6.92 Å². The Labute approximate surface area is 101 Å². The van der Waals surface area contributed by atoms with Crippen LogP contribution in [0.5, 0.6) is 0 Å². The van der Waals surface area contributed by atoms with Crippen LogP contribution >= 0.6 is 31.9 Å². The van der Waals surface area contributed by atoms with E-state index in [1.807, 2.05) is 12.3 Å². The third-order valence-corrected chi connectivity index (χ3v) is 4.22. The summed E-state index contributed by atoms with van der Waals surface area (Å²) in [6.07, 6.45) is 3.07. The highest BCUT2D eigenvalue weighted by Crippen LogP contribution is 2.30. The van der Waals surface area contributed by atoms with Crippen LogP contribution in [0.2, 0.25) is 0 Å². The van der Waals surface area contributed by atoms with Gasteiger partial charge in [0.2, 0.25) is 0 Å². The van der Waals surface area contributed by atoms with E-state index in [2.05, 4.69) is 48.7 Å². The molecule has 0 saturated carbocycles. The zero-order valence-electron chi connectivity index (χ0n) is 8.00. The lowest BCUT2D eigenvalue weighted by Crippen LogP contribution is -2.21. The van der Waals surface area contributed by atoms with Gasteiger partial charge in [0, 0.05) is 24.1 Å². The minimum Gasteiger partial charge on any atom is -0.355 e. The van der Waals surface area contributed by atoms with Gasteiger partial charge in [-0.1, -0.05) is 15.9 Å². The summed E-state index contributed by atoms with van der Waals surface area (Å²) in [5.41, 5.74) is 1.24. The molecule has 0 amide bonds. The molecule has 1 unspecified atom stereocenters. The van der Waals surface area contributed by atoms with Gasteiger partial charge in [-0.3, -0.25) is 0 Å². The van der Waals surface area contributed by atoms with Crippen molar-refractivity contribution in [2.45, 2.75) is 18.2 Å². The predicted octanol–water partition coefficient (Wildman–Crippen LogP) is 3.13. The molecule has 1 aromatic rings. The monoisotopic (exact) mass is 318 g/mol. The SMILES string of the molecule is Cc1ccnc(N2CCC(Br)C2)c1Br. The van der Waals surface area contributed by atoms with Gasteiger partial charge < -0.3 is 4.90 Å². The number of aryl methyl sites for hydroxylation is 1. The molecule has 0 bridgehead atoms. The number of hydrogen-bond donors (Lipinski definition) is 0. The third kappa shape index (κ3) is 1.96. The lowest BCUT2D eigenvalue weighted by Gasteiger charge is -2.18. The van der Waals surface area contributed by atoms with Crippen molar-refractivity contribution in [3.05, 3.63) is 22.3 Å². The van der Waals surface area contributed by atoms with Crippen LogP contribution in [0.15, 0.2) is 16.7 Å². The molecule has 0 aromatic carbocycles. The van der Waals surface area contributed by atoms with Gasteiger partial charge in [-0.25, -0.2) is 4.98 Å². The molecule has 0 N–H and O–H groups in total. The summed E-state index contributed by atoms with van der Waals surface area (Å²) in [7, 11) is 0. The number of rotatable bonds is 1. The van der Waals surface area contributed by atoms with E-state index in [4.69, 9.17) is 0 Å². The van der Waals surface area contributed by atoms with Crippen LogP contribution in [-0.2, 0) is 0 Å². The van der Waals surface area contributed by atoms with Crippen LogP contribution in [0.3, 0.4) is 0 Å². The van der Waals surface area contributed by atoms with Gasteiger partial charge in [-0.2, -0.15) is 0 Å². The van der Waals surface area contributed by atoms with Gasteiger partial charge in [0.1, 0.15) is 5.82 Å². The second-order valence-electron chi connectivity index (χ2n) is 3.60. The Bertz CT molecular complexity index is 341. The second-order valence-corrected chi connectivity index (χ2v) is 5.69. The van der Waals surface area contributed by atoms with Gasteiger partial charge in [-0.05, 0) is 40.9 Å². The molecule has 76 valence electrons. The molecule has 0 radical (unpaired) electrons. The smallest absolute Gasteiger partial charge is 0.143 e. The molecule has 14 heavy (non-hydrogen) atoms. The van der Waals surface area contributed by atoms with Gasteiger partial charge in [0.15, 0.2) is 0 Å². The Kier molecular flexibility index (Phi) is 3.12. The average molecular weight is 320 g/mol. The fourth-order valence-electron chi connectivity index (χ4n) is 1.66. The summed E-state index contributed by atoms with van der Waals surface area (Å²) in [6.45, 7) is 4.23. The minimum atomic E-state index is 0.608. The number of aromatic nitrogens is 1. The highest BCUT2D eigenvalue weighted by atomic mass is 79.9. The number of halogens is 2. The Morgan fingerprint density at radius 1 is 1.57 bits per heavy atom. The van der Waals surface area contributed by atoms with E-state index in [0.29, 0.717) is 4.83 Å². The van der Waals surface area contributed by atoms with E-state index in [1.165, 1.54) is 12.0 Å². The number of hydrogen-bond acceptors (Lipinski definition) is 2. The topological polar surface area (TPSA) is 16.1 Å². The highest BCUT2D eigenvalue weighted by molar-refractivity contribution is 9.10. The van der Waals surface area contributed by atoms with Gasteiger partial charge in [0.25, 0.3) is 0 Å². The zero-order valence-corrected chi connectivity index (χ0v) is 11.2. The molecule has 4 heteroatoms. The molecule has 2 nitrogen and oxygen atoms in total. The van der Waals surface area contributed by atoms with Crippen LogP contribution in [0.4, 0.5) is 5.82 Å². The zero-order chi connectivity index (χ0) is 10.1. The number of anilines is 1. The largest absolute Gasteiger partial charge is 0.355 e. The molecule has 1 atom stereocenters. The van der Waals surface area contributed by atoms with Crippen LogP contribution in [-0.4, -0.2) is 22.9 Å². The molecule has 1 aliphatic rings. The van der Waals surface area contributed by atoms with E-state index < -0.39 is 0 Å². The van der Waals surface area contributed by atoms with E-state index in [1.54, 1.807) is 0 Å².